The molecule has 2 nitrogen and oxygen atoms in total. The van der Waals surface area contributed by atoms with E-state index in [2.05, 4.69) is 12.1 Å². The smallest absolute Gasteiger partial charge is 0.122 e. The van der Waals surface area contributed by atoms with Gasteiger partial charge in [0.25, 0.3) is 0 Å². The molecule has 0 saturated heterocycles. The predicted octanol–water partition coefficient (Wildman–Crippen LogP) is 4.56. The third-order valence-corrected chi connectivity index (χ3v) is 4.53. The molecule has 4 heteroatoms. The van der Waals surface area contributed by atoms with Crippen LogP contribution in [0.5, 0.6) is 5.75 Å². The van der Waals surface area contributed by atoms with Crippen molar-refractivity contribution in [3.05, 3.63) is 63.1 Å². The quantitative estimate of drug-likeness (QED) is 0.895. The van der Waals surface area contributed by atoms with E-state index in [1.165, 1.54) is 11.1 Å². The first-order valence-corrected chi connectivity index (χ1v) is 7.85. The number of fused-ring (bicyclic) bond motifs is 1. The first-order valence-electron chi connectivity index (χ1n) is 7.09. The number of aryl methyl sites for hydroxylation is 1. The average Bonchev–Trinajstić information content (AvgIpc) is 2.92. The summed E-state index contributed by atoms with van der Waals surface area (Å²) in [5, 5.41) is 1.27. The second-order valence-corrected chi connectivity index (χ2v) is 6.14. The van der Waals surface area contributed by atoms with Crippen LogP contribution in [0.15, 0.2) is 36.4 Å². The van der Waals surface area contributed by atoms with Gasteiger partial charge in [-0.3, -0.25) is 0 Å². The summed E-state index contributed by atoms with van der Waals surface area (Å²) in [5.41, 5.74) is 9.67. The molecule has 1 aliphatic rings. The van der Waals surface area contributed by atoms with E-state index in [0.717, 1.165) is 37.2 Å². The van der Waals surface area contributed by atoms with E-state index >= 15 is 0 Å². The van der Waals surface area contributed by atoms with E-state index in [9.17, 15) is 0 Å². The van der Waals surface area contributed by atoms with Crippen molar-refractivity contribution in [3.63, 3.8) is 0 Å². The van der Waals surface area contributed by atoms with Crippen molar-refractivity contribution in [1.82, 2.24) is 0 Å². The van der Waals surface area contributed by atoms with Crippen LogP contribution in [0.2, 0.25) is 10.0 Å². The summed E-state index contributed by atoms with van der Waals surface area (Å²) in [6.45, 7) is 0.785. The van der Waals surface area contributed by atoms with E-state index in [-0.39, 0.29) is 6.04 Å². The third kappa shape index (κ3) is 3.18. The summed E-state index contributed by atoms with van der Waals surface area (Å²) < 4.78 is 5.52. The lowest BCUT2D eigenvalue weighted by Crippen LogP contribution is -2.12. The Morgan fingerprint density at radius 1 is 1.14 bits per heavy atom. The van der Waals surface area contributed by atoms with Gasteiger partial charge in [0.15, 0.2) is 0 Å². The van der Waals surface area contributed by atoms with E-state index in [4.69, 9.17) is 33.7 Å². The van der Waals surface area contributed by atoms with E-state index in [1.54, 1.807) is 0 Å². The van der Waals surface area contributed by atoms with E-state index < -0.39 is 0 Å². The van der Waals surface area contributed by atoms with Crippen molar-refractivity contribution in [3.8, 4) is 5.75 Å². The monoisotopic (exact) mass is 321 g/mol. The van der Waals surface area contributed by atoms with Crippen LogP contribution in [0.1, 0.15) is 29.2 Å². The summed E-state index contributed by atoms with van der Waals surface area (Å²) in [6, 6.07) is 11.7. The number of hydrogen-bond acceptors (Lipinski definition) is 2. The van der Waals surface area contributed by atoms with Crippen molar-refractivity contribution in [2.24, 2.45) is 5.73 Å². The van der Waals surface area contributed by atoms with E-state index in [1.807, 2.05) is 24.3 Å². The predicted molar refractivity (Wildman–Crippen MR) is 87.4 cm³/mol. The minimum atomic E-state index is -0.157. The Hall–Kier alpha value is -1.22. The van der Waals surface area contributed by atoms with Gasteiger partial charge in [0.05, 0.1) is 6.61 Å². The van der Waals surface area contributed by atoms with Crippen LogP contribution in [0, 0.1) is 0 Å². The fourth-order valence-corrected chi connectivity index (χ4v) is 3.40. The van der Waals surface area contributed by atoms with Crippen LogP contribution in [0.3, 0.4) is 0 Å². The molecule has 0 bridgehead atoms. The third-order valence-electron chi connectivity index (χ3n) is 3.87. The number of benzene rings is 2. The maximum Gasteiger partial charge on any atom is 0.122 e. The highest BCUT2D eigenvalue weighted by Gasteiger charge is 2.15. The SMILES string of the molecule is NC(CCc1ccc2c(c1)CCO2)c1c(Cl)cccc1Cl. The lowest BCUT2D eigenvalue weighted by molar-refractivity contribution is 0.357. The Labute approximate surface area is 134 Å². The molecule has 1 heterocycles. The van der Waals surface area contributed by atoms with Gasteiger partial charge in [-0.1, -0.05) is 41.4 Å². The van der Waals surface area contributed by atoms with Crippen LogP contribution in [0.25, 0.3) is 0 Å². The number of nitrogens with two attached hydrogens (primary N) is 1. The van der Waals surface area contributed by atoms with Gasteiger partial charge in [0.2, 0.25) is 0 Å². The lowest BCUT2D eigenvalue weighted by Gasteiger charge is -2.15. The lowest BCUT2D eigenvalue weighted by atomic mass is 9.98. The molecule has 0 aromatic heterocycles. The van der Waals surface area contributed by atoms with Gasteiger partial charge in [0, 0.05) is 28.1 Å². The van der Waals surface area contributed by atoms with Crippen molar-refractivity contribution in [2.75, 3.05) is 6.61 Å². The zero-order valence-electron chi connectivity index (χ0n) is 11.6. The maximum absolute atomic E-state index is 6.26. The Balaban J connectivity index is 1.70. The molecule has 2 aromatic rings. The van der Waals surface area contributed by atoms with E-state index in [0.29, 0.717) is 10.0 Å². The van der Waals surface area contributed by atoms with Crippen LogP contribution in [0.4, 0.5) is 0 Å². The van der Waals surface area contributed by atoms with Gasteiger partial charge in [-0.2, -0.15) is 0 Å². The largest absolute Gasteiger partial charge is 0.493 e. The minimum absolute atomic E-state index is 0.157. The highest BCUT2D eigenvalue weighted by molar-refractivity contribution is 6.36. The zero-order valence-corrected chi connectivity index (χ0v) is 13.1. The molecule has 0 amide bonds. The number of rotatable bonds is 4. The summed E-state index contributed by atoms with van der Waals surface area (Å²) in [4.78, 5) is 0. The second-order valence-electron chi connectivity index (χ2n) is 5.32. The molecule has 0 spiro atoms. The second kappa shape index (κ2) is 6.27. The number of hydrogen-bond donors (Lipinski definition) is 1. The molecule has 1 aliphatic heterocycles. The number of halogens is 2. The molecule has 0 radical (unpaired) electrons. The van der Waals surface area contributed by atoms with Gasteiger partial charge >= 0.3 is 0 Å². The molecule has 0 aliphatic carbocycles. The molecule has 3 rings (SSSR count). The van der Waals surface area contributed by atoms with Gasteiger partial charge in [-0.05, 0) is 42.2 Å². The van der Waals surface area contributed by atoms with Crippen molar-refractivity contribution >= 4 is 23.2 Å². The molecule has 1 unspecified atom stereocenters. The normalized spacial score (nSPS) is 14.6. The topological polar surface area (TPSA) is 35.2 Å². The van der Waals surface area contributed by atoms with Gasteiger partial charge in [0.1, 0.15) is 5.75 Å². The summed E-state index contributed by atoms with van der Waals surface area (Å²) in [7, 11) is 0. The molecule has 0 saturated carbocycles. The standard InChI is InChI=1S/C17H17Cl2NO/c18-13-2-1-3-14(19)17(13)15(20)6-4-11-5-7-16-12(10-11)8-9-21-16/h1-3,5,7,10,15H,4,6,8-9,20H2. The zero-order chi connectivity index (χ0) is 14.8. The van der Waals surface area contributed by atoms with Crippen LogP contribution >= 0.6 is 23.2 Å². The maximum atomic E-state index is 6.26. The summed E-state index contributed by atoms with van der Waals surface area (Å²) >= 11 is 12.4. The van der Waals surface area contributed by atoms with Gasteiger partial charge in [-0.25, -0.2) is 0 Å². The number of ether oxygens (including phenoxy) is 1. The Morgan fingerprint density at radius 3 is 2.67 bits per heavy atom. The molecule has 2 N–H and O–H groups in total. The van der Waals surface area contributed by atoms with Crippen LogP contribution < -0.4 is 10.5 Å². The molecular weight excluding hydrogens is 305 g/mol. The average molecular weight is 322 g/mol. The highest BCUT2D eigenvalue weighted by atomic mass is 35.5. The molecule has 21 heavy (non-hydrogen) atoms. The highest BCUT2D eigenvalue weighted by Crippen LogP contribution is 2.32. The summed E-state index contributed by atoms with van der Waals surface area (Å²) in [5.74, 6) is 1.01. The van der Waals surface area contributed by atoms with Gasteiger partial charge in [-0.15, -0.1) is 0 Å². The molecule has 1 atom stereocenters. The van der Waals surface area contributed by atoms with Crippen molar-refractivity contribution in [1.29, 1.82) is 0 Å². The Morgan fingerprint density at radius 2 is 1.90 bits per heavy atom. The minimum Gasteiger partial charge on any atom is -0.493 e. The Bertz CT molecular complexity index is 637. The van der Waals surface area contributed by atoms with Crippen LogP contribution in [-0.2, 0) is 12.8 Å². The first-order chi connectivity index (χ1) is 10.1. The van der Waals surface area contributed by atoms with Crippen LogP contribution in [-0.4, -0.2) is 6.61 Å². The fraction of sp³-hybridized carbons (Fsp3) is 0.294. The van der Waals surface area contributed by atoms with Gasteiger partial charge < -0.3 is 10.5 Å². The molecule has 0 fully saturated rings. The summed E-state index contributed by atoms with van der Waals surface area (Å²) in [6.07, 6.45) is 2.70. The molecule has 110 valence electrons. The molecular formula is C17H17Cl2NO. The van der Waals surface area contributed by atoms with Crippen molar-refractivity contribution < 1.29 is 4.74 Å². The Kier molecular flexibility index (Phi) is 4.39. The molecule has 2 aromatic carbocycles. The first kappa shape index (κ1) is 14.7. The van der Waals surface area contributed by atoms with Crippen molar-refractivity contribution in [2.45, 2.75) is 25.3 Å². The fourth-order valence-electron chi connectivity index (χ4n) is 2.73.